The Hall–Kier alpha value is -1.36. The number of nitrogens with one attached hydrogen (secondary N) is 1. The van der Waals surface area contributed by atoms with Crippen molar-refractivity contribution in [2.24, 2.45) is 0 Å². The second-order valence-electron chi connectivity index (χ2n) is 4.95. The summed E-state index contributed by atoms with van der Waals surface area (Å²) in [6.45, 7) is 7.83. The van der Waals surface area contributed by atoms with Gasteiger partial charge in [-0.25, -0.2) is 0 Å². The van der Waals surface area contributed by atoms with E-state index in [-0.39, 0.29) is 5.91 Å². The van der Waals surface area contributed by atoms with Gasteiger partial charge in [0.25, 0.3) is 5.91 Å². The van der Waals surface area contributed by atoms with Crippen LogP contribution >= 0.6 is 22.9 Å². The highest BCUT2D eigenvalue weighted by molar-refractivity contribution is 7.17. The number of thiophene rings is 1. The Bertz CT molecular complexity index is 605. The minimum atomic E-state index is -0.00244. The van der Waals surface area contributed by atoms with Gasteiger partial charge < -0.3 is 10.2 Å². The lowest BCUT2D eigenvalue weighted by molar-refractivity contribution is 0.0953. The standard InChI is InChI=1S/C17H21ClN2OS/c1-3-20(4-2)12-11-19-17(21)16-10-9-15(22-16)13-5-7-14(18)8-6-13/h5-10H,3-4,11-12H2,1-2H3,(H,19,21). The number of benzene rings is 1. The van der Waals surface area contributed by atoms with Crippen LogP contribution in [0.1, 0.15) is 23.5 Å². The lowest BCUT2D eigenvalue weighted by Crippen LogP contribution is -2.34. The molecule has 3 nitrogen and oxygen atoms in total. The molecule has 0 atom stereocenters. The molecular formula is C17H21ClN2OS. The van der Waals surface area contributed by atoms with Crippen molar-refractivity contribution < 1.29 is 4.79 Å². The number of hydrogen-bond donors (Lipinski definition) is 1. The van der Waals surface area contributed by atoms with Crippen molar-refractivity contribution in [2.45, 2.75) is 13.8 Å². The molecule has 0 saturated heterocycles. The van der Waals surface area contributed by atoms with Gasteiger partial charge in [-0.2, -0.15) is 0 Å². The summed E-state index contributed by atoms with van der Waals surface area (Å²) in [5.41, 5.74) is 1.08. The largest absolute Gasteiger partial charge is 0.350 e. The van der Waals surface area contributed by atoms with Gasteiger partial charge >= 0.3 is 0 Å². The zero-order valence-corrected chi connectivity index (χ0v) is 14.5. The molecule has 0 spiro atoms. The molecule has 2 rings (SSSR count). The van der Waals surface area contributed by atoms with Gasteiger partial charge in [0.2, 0.25) is 0 Å². The Labute approximate surface area is 140 Å². The molecule has 0 unspecified atom stereocenters. The fourth-order valence-electron chi connectivity index (χ4n) is 2.18. The molecule has 2 aromatic rings. The van der Waals surface area contributed by atoms with Gasteiger partial charge in [-0.1, -0.05) is 37.6 Å². The zero-order valence-electron chi connectivity index (χ0n) is 12.9. The molecule has 5 heteroatoms. The van der Waals surface area contributed by atoms with E-state index in [0.717, 1.165) is 40.0 Å². The Kier molecular flexibility index (Phi) is 6.43. The fourth-order valence-corrected chi connectivity index (χ4v) is 3.24. The third-order valence-corrected chi connectivity index (χ3v) is 4.95. The van der Waals surface area contributed by atoms with Crippen molar-refractivity contribution in [2.75, 3.05) is 26.2 Å². The van der Waals surface area contributed by atoms with Crippen LogP contribution in [0.2, 0.25) is 5.02 Å². The summed E-state index contributed by atoms with van der Waals surface area (Å²) in [6.07, 6.45) is 0. The molecule has 0 radical (unpaired) electrons. The normalized spacial score (nSPS) is 10.9. The molecule has 0 saturated carbocycles. The highest BCUT2D eigenvalue weighted by Crippen LogP contribution is 2.28. The molecule has 0 bridgehead atoms. The summed E-state index contributed by atoms with van der Waals surface area (Å²) in [5, 5.41) is 3.70. The quantitative estimate of drug-likeness (QED) is 0.824. The molecule has 0 aliphatic carbocycles. The highest BCUT2D eigenvalue weighted by atomic mass is 35.5. The number of nitrogens with zero attached hydrogens (tertiary/aromatic N) is 1. The maximum Gasteiger partial charge on any atom is 0.261 e. The zero-order chi connectivity index (χ0) is 15.9. The van der Waals surface area contributed by atoms with Gasteiger partial charge in [0.15, 0.2) is 0 Å². The van der Waals surface area contributed by atoms with Crippen LogP contribution in [0.15, 0.2) is 36.4 Å². The van der Waals surface area contributed by atoms with Crippen LogP contribution in [0.4, 0.5) is 0 Å². The Balaban J connectivity index is 1.93. The Morgan fingerprint density at radius 1 is 1.14 bits per heavy atom. The number of rotatable bonds is 7. The minimum Gasteiger partial charge on any atom is -0.350 e. The van der Waals surface area contributed by atoms with Crippen LogP contribution in [0.3, 0.4) is 0 Å². The van der Waals surface area contributed by atoms with Crippen molar-refractivity contribution in [3.63, 3.8) is 0 Å². The van der Waals surface area contributed by atoms with E-state index in [2.05, 4.69) is 24.1 Å². The second kappa shape index (κ2) is 8.32. The SMILES string of the molecule is CCN(CC)CCNC(=O)c1ccc(-c2ccc(Cl)cc2)s1. The van der Waals surface area contributed by atoms with Gasteiger partial charge in [-0.3, -0.25) is 4.79 Å². The molecular weight excluding hydrogens is 316 g/mol. The van der Waals surface area contributed by atoms with Crippen LogP contribution in [0.25, 0.3) is 10.4 Å². The first-order valence-corrected chi connectivity index (χ1v) is 8.69. The summed E-state index contributed by atoms with van der Waals surface area (Å²) in [7, 11) is 0. The van der Waals surface area contributed by atoms with Crippen molar-refractivity contribution >= 4 is 28.8 Å². The maximum absolute atomic E-state index is 12.2. The lowest BCUT2D eigenvalue weighted by atomic mass is 10.2. The number of carbonyl (C=O) groups excluding carboxylic acids is 1. The highest BCUT2D eigenvalue weighted by Gasteiger charge is 2.10. The van der Waals surface area contributed by atoms with E-state index in [9.17, 15) is 4.79 Å². The van der Waals surface area contributed by atoms with Crippen molar-refractivity contribution in [3.05, 3.63) is 46.3 Å². The van der Waals surface area contributed by atoms with Crippen LogP contribution < -0.4 is 5.32 Å². The molecule has 1 N–H and O–H groups in total. The average molecular weight is 337 g/mol. The number of halogens is 1. The summed E-state index contributed by atoms with van der Waals surface area (Å²) in [4.78, 5) is 16.3. The first-order valence-electron chi connectivity index (χ1n) is 7.50. The Morgan fingerprint density at radius 3 is 2.45 bits per heavy atom. The predicted molar refractivity (Wildman–Crippen MR) is 94.9 cm³/mol. The second-order valence-corrected chi connectivity index (χ2v) is 6.47. The van der Waals surface area contributed by atoms with E-state index in [0.29, 0.717) is 6.54 Å². The van der Waals surface area contributed by atoms with Gasteiger partial charge in [0.1, 0.15) is 0 Å². The smallest absolute Gasteiger partial charge is 0.261 e. The topological polar surface area (TPSA) is 32.3 Å². The molecule has 118 valence electrons. The molecule has 1 heterocycles. The van der Waals surface area contributed by atoms with Crippen molar-refractivity contribution in [3.8, 4) is 10.4 Å². The molecule has 0 aliphatic rings. The monoisotopic (exact) mass is 336 g/mol. The lowest BCUT2D eigenvalue weighted by Gasteiger charge is -2.17. The van der Waals surface area contributed by atoms with E-state index >= 15 is 0 Å². The third kappa shape index (κ3) is 4.57. The summed E-state index contributed by atoms with van der Waals surface area (Å²) in [6, 6.07) is 11.5. The van der Waals surface area contributed by atoms with Gasteiger partial charge in [0.05, 0.1) is 4.88 Å². The first-order chi connectivity index (χ1) is 10.6. The molecule has 1 amide bonds. The van der Waals surface area contributed by atoms with Crippen LogP contribution in [-0.4, -0.2) is 37.0 Å². The van der Waals surface area contributed by atoms with Gasteiger partial charge in [-0.15, -0.1) is 11.3 Å². The van der Waals surface area contributed by atoms with Crippen LogP contribution in [0, 0.1) is 0 Å². The summed E-state index contributed by atoms with van der Waals surface area (Å²) >= 11 is 7.40. The van der Waals surface area contributed by atoms with Gasteiger partial charge in [-0.05, 0) is 42.9 Å². The minimum absolute atomic E-state index is 0.00244. The predicted octanol–water partition coefficient (Wildman–Crippen LogP) is 4.14. The van der Waals surface area contributed by atoms with Crippen molar-refractivity contribution in [1.29, 1.82) is 0 Å². The van der Waals surface area contributed by atoms with Crippen LogP contribution in [0.5, 0.6) is 0 Å². The van der Waals surface area contributed by atoms with Crippen LogP contribution in [-0.2, 0) is 0 Å². The molecule has 1 aromatic carbocycles. The Morgan fingerprint density at radius 2 is 1.82 bits per heavy atom. The van der Waals surface area contributed by atoms with E-state index < -0.39 is 0 Å². The number of amides is 1. The summed E-state index contributed by atoms with van der Waals surface area (Å²) < 4.78 is 0. The average Bonchev–Trinajstić information content (AvgIpc) is 3.02. The number of carbonyl (C=O) groups is 1. The third-order valence-electron chi connectivity index (χ3n) is 3.57. The van der Waals surface area contributed by atoms with E-state index in [1.807, 2.05) is 36.4 Å². The molecule has 0 aliphatic heterocycles. The van der Waals surface area contributed by atoms with Crippen molar-refractivity contribution in [1.82, 2.24) is 10.2 Å². The maximum atomic E-state index is 12.2. The molecule has 0 fully saturated rings. The van der Waals surface area contributed by atoms with E-state index in [1.54, 1.807) is 0 Å². The van der Waals surface area contributed by atoms with E-state index in [4.69, 9.17) is 11.6 Å². The number of likely N-dealkylation sites (N-methyl/N-ethyl adjacent to an activating group) is 1. The molecule has 22 heavy (non-hydrogen) atoms. The van der Waals surface area contributed by atoms with E-state index in [1.165, 1.54) is 11.3 Å². The molecule has 1 aromatic heterocycles. The van der Waals surface area contributed by atoms with Gasteiger partial charge in [0, 0.05) is 23.0 Å². The number of hydrogen-bond acceptors (Lipinski definition) is 3. The summed E-state index contributed by atoms with van der Waals surface area (Å²) in [5.74, 6) is -0.00244. The first kappa shape index (κ1) is 17.0. The fraction of sp³-hybridized carbons (Fsp3) is 0.353.